The van der Waals surface area contributed by atoms with E-state index >= 15 is 0 Å². The van der Waals surface area contributed by atoms with E-state index in [-0.39, 0.29) is 16.9 Å². The molecule has 2 rings (SSSR count). The minimum atomic E-state index is -4.60. The van der Waals surface area contributed by atoms with E-state index in [2.05, 4.69) is 0 Å². The highest BCUT2D eigenvalue weighted by Gasteiger charge is 2.32. The van der Waals surface area contributed by atoms with Gasteiger partial charge in [0.2, 0.25) is 0 Å². The number of rotatable bonds is 2. The summed E-state index contributed by atoms with van der Waals surface area (Å²) in [5.74, 6) is 0. The number of hydrogen-bond acceptors (Lipinski definition) is 5. The maximum absolute atomic E-state index is 12.7. The van der Waals surface area contributed by atoms with E-state index in [1.807, 2.05) is 0 Å². The van der Waals surface area contributed by atoms with Gasteiger partial charge >= 0.3 is 11.9 Å². The Bertz CT molecular complexity index is 937. The quantitative estimate of drug-likeness (QED) is 0.672. The van der Waals surface area contributed by atoms with Crippen LogP contribution in [0.2, 0.25) is 0 Å². The summed E-state index contributed by atoms with van der Waals surface area (Å²) in [6, 6.07) is 2.25. The standard InChI is InChI=1S/C11H3Cl3F3N3O2S2/c12-11(13,14)24-20-8(21)5(2-18)3-19(9(20)22)7-1-6(4-23-7)10(15,16)17/h1,3-4H. The number of hydrogen-bond donors (Lipinski definition) is 0. The fourth-order valence-electron chi connectivity index (χ4n) is 1.55. The molecule has 24 heavy (non-hydrogen) atoms. The van der Waals surface area contributed by atoms with Gasteiger partial charge in [-0.3, -0.25) is 9.36 Å². The average Bonchev–Trinajstić information content (AvgIpc) is 2.92. The van der Waals surface area contributed by atoms with Crippen molar-refractivity contribution < 1.29 is 13.2 Å². The summed E-state index contributed by atoms with van der Waals surface area (Å²) < 4.78 is 37.1. The fraction of sp³-hybridized carbons (Fsp3) is 0.182. The Morgan fingerprint density at radius 1 is 1.25 bits per heavy atom. The van der Waals surface area contributed by atoms with Gasteiger partial charge in [0.1, 0.15) is 16.6 Å². The monoisotopic (exact) mass is 435 g/mol. The zero-order valence-corrected chi connectivity index (χ0v) is 14.9. The molecule has 0 aliphatic rings. The Hall–Kier alpha value is -1.12. The third-order valence-electron chi connectivity index (χ3n) is 2.52. The molecule has 0 atom stereocenters. The minimum absolute atomic E-state index is 0.150. The molecule has 0 aromatic carbocycles. The van der Waals surface area contributed by atoms with E-state index in [0.29, 0.717) is 25.9 Å². The number of nitrogens with zero attached hydrogens (tertiary/aromatic N) is 3. The number of alkyl halides is 6. The van der Waals surface area contributed by atoms with Crippen LogP contribution in [-0.4, -0.2) is 11.7 Å². The van der Waals surface area contributed by atoms with Crippen molar-refractivity contribution in [3.8, 4) is 11.1 Å². The predicted octanol–water partition coefficient (Wildman–Crippen LogP) is 3.78. The first kappa shape index (κ1) is 19.2. The second-order valence-corrected chi connectivity index (χ2v) is 9.12. The molecule has 2 heterocycles. The number of nitriles is 1. The Morgan fingerprint density at radius 2 is 1.88 bits per heavy atom. The van der Waals surface area contributed by atoms with E-state index in [0.717, 1.165) is 11.6 Å². The molecule has 13 heteroatoms. The number of halogens is 6. The lowest BCUT2D eigenvalue weighted by Crippen LogP contribution is -2.38. The van der Waals surface area contributed by atoms with Crippen molar-refractivity contribution in [3.05, 3.63) is 49.6 Å². The van der Waals surface area contributed by atoms with Gasteiger partial charge in [0.15, 0.2) is 0 Å². The third-order valence-corrected chi connectivity index (χ3v) is 4.78. The first-order valence-electron chi connectivity index (χ1n) is 5.65. The maximum Gasteiger partial charge on any atom is 0.417 e. The molecule has 2 aromatic rings. The van der Waals surface area contributed by atoms with Crippen molar-refractivity contribution in [1.29, 1.82) is 5.26 Å². The Labute approximate surface area is 154 Å². The van der Waals surface area contributed by atoms with E-state index in [4.69, 9.17) is 40.1 Å². The van der Waals surface area contributed by atoms with E-state index in [9.17, 15) is 22.8 Å². The largest absolute Gasteiger partial charge is 0.417 e. The second kappa shape index (κ2) is 6.65. The summed E-state index contributed by atoms with van der Waals surface area (Å²) in [6.45, 7) is 0. The first-order valence-corrected chi connectivity index (χ1v) is 8.44. The predicted molar refractivity (Wildman–Crippen MR) is 87.2 cm³/mol. The molecule has 0 N–H and O–H groups in total. The number of aromatic nitrogens is 2. The fourth-order valence-corrected chi connectivity index (χ4v) is 3.62. The molecule has 0 radical (unpaired) electrons. The van der Waals surface area contributed by atoms with Gasteiger partial charge in [-0.05, 0) is 6.07 Å². The summed E-state index contributed by atoms with van der Waals surface area (Å²) in [6.07, 6.45) is -3.76. The van der Waals surface area contributed by atoms with Crippen LogP contribution in [0, 0.1) is 11.3 Å². The van der Waals surface area contributed by atoms with E-state index in [1.165, 1.54) is 0 Å². The lowest BCUT2D eigenvalue weighted by Gasteiger charge is -2.13. The van der Waals surface area contributed by atoms with Gasteiger partial charge in [0, 0.05) is 23.5 Å². The molecular formula is C11H3Cl3F3N3O2S2. The minimum Gasteiger partial charge on any atom is -0.267 e. The zero-order chi connectivity index (χ0) is 18.3. The maximum atomic E-state index is 12.7. The molecule has 0 saturated carbocycles. The molecule has 0 fully saturated rings. The summed E-state index contributed by atoms with van der Waals surface area (Å²) in [5.41, 5.74) is -3.58. The van der Waals surface area contributed by atoms with Gasteiger partial charge < -0.3 is 0 Å². The molecular weight excluding hydrogens is 434 g/mol. The average molecular weight is 437 g/mol. The molecule has 0 amide bonds. The summed E-state index contributed by atoms with van der Waals surface area (Å²) >= 11 is 17.4. The van der Waals surface area contributed by atoms with Gasteiger partial charge in [-0.2, -0.15) is 22.4 Å². The van der Waals surface area contributed by atoms with Crippen LogP contribution in [0.5, 0.6) is 0 Å². The molecule has 0 bridgehead atoms. The third kappa shape index (κ3) is 4.10. The summed E-state index contributed by atoms with van der Waals surface area (Å²) in [5, 5.41) is 9.62. The van der Waals surface area contributed by atoms with Crippen LogP contribution in [0.25, 0.3) is 5.00 Å². The smallest absolute Gasteiger partial charge is 0.267 e. The summed E-state index contributed by atoms with van der Waals surface area (Å²) in [4.78, 5) is 24.3. The van der Waals surface area contributed by atoms with Crippen molar-refractivity contribution in [3.63, 3.8) is 0 Å². The van der Waals surface area contributed by atoms with Gasteiger partial charge in [0.05, 0.1) is 5.56 Å². The Balaban J connectivity index is 2.70. The Kier molecular flexibility index (Phi) is 5.32. The lowest BCUT2D eigenvalue weighted by molar-refractivity contribution is -0.137. The molecule has 0 spiro atoms. The van der Waals surface area contributed by atoms with Crippen LogP contribution in [0.15, 0.2) is 27.2 Å². The highest BCUT2D eigenvalue weighted by Crippen LogP contribution is 2.38. The highest BCUT2D eigenvalue weighted by atomic mass is 35.6. The van der Waals surface area contributed by atoms with Crippen molar-refractivity contribution in [2.75, 3.05) is 0 Å². The van der Waals surface area contributed by atoms with Gasteiger partial charge in [-0.15, -0.1) is 11.3 Å². The zero-order valence-electron chi connectivity index (χ0n) is 11.0. The topological polar surface area (TPSA) is 67.8 Å². The van der Waals surface area contributed by atoms with Gasteiger partial charge in [-0.1, -0.05) is 34.8 Å². The second-order valence-electron chi connectivity index (χ2n) is 4.12. The molecule has 128 valence electrons. The SMILES string of the molecule is N#Cc1cn(-c2cc(C(F)(F)F)cs2)c(=O)n(SC(Cl)(Cl)Cl)c1=O. The molecule has 2 aromatic heterocycles. The van der Waals surface area contributed by atoms with Gasteiger partial charge in [0.25, 0.3) is 8.68 Å². The van der Waals surface area contributed by atoms with Crippen LogP contribution >= 0.6 is 58.1 Å². The lowest BCUT2D eigenvalue weighted by atomic mass is 10.3. The van der Waals surface area contributed by atoms with Crippen molar-refractivity contribution >= 4 is 58.1 Å². The van der Waals surface area contributed by atoms with E-state index < -0.39 is 31.7 Å². The molecule has 0 saturated heterocycles. The molecule has 0 unspecified atom stereocenters. The van der Waals surface area contributed by atoms with Crippen molar-refractivity contribution in [1.82, 2.24) is 8.54 Å². The van der Waals surface area contributed by atoms with Gasteiger partial charge in [-0.25, -0.2) is 4.79 Å². The van der Waals surface area contributed by atoms with Crippen LogP contribution in [0.3, 0.4) is 0 Å². The van der Waals surface area contributed by atoms with Crippen LogP contribution < -0.4 is 11.2 Å². The van der Waals surface area contributed by atoms with E-state index in [1.54, 1.807) is 6.07 Å². The highest BCUT2D eigenvalue weighted by molar-refractivity contribution is 8.03. The molecule has 5 nitrogen and oxygen atoms in total. The van der Waals surface area contributed by atoms with Crippen molar-refractivity contribution in [2.45, 2.75) is 9.30 Å². The normalized spacial score (nSPS) is 12.2. The number of thiophene rings is 1. The first-order chi connectivity index (χ1) is 10.9. The van der Waals surface area contributed by atoms with Crippen LogP contribution in [0.1, 0.15) is 11.1 Å². The van der Waals surface area contributed by atoms with Crippen LogP contribution in [0.4, 0.5) is 13.2 Å². The van der Waals surface area contributed by atoms with Crippen molar-refractivity contribution in [2.24, 2.45) is 0 Å². The molecule has 0 aliphatic carbocycles. The molecule has 0 aliphatic heterocycles. The Morgan fingerprint density at radius 3 is 2.33 bits per heavy atom. The van der Waals surface area contributed by atoms with Crippen LogP contribution in [-0.2, 0) is 6.18 Å². The summed E-state index contributed by atoms with van der Waals surface area (Å²) in [7, 11) is 0.